The average molecular weight is 349 g/mol. The maximum absolute atomic E-state index is 12.1. The van der Waals surface area contributed by atoms with Crippen LogP contribution in [-0.4, -0.2) is 21.1 Å². The number of nitrogens with zero attached hydrogens (tertiary/aromatic N) is 3. The topological polar surface area (TPSA) is 67.8 Å². The molecule has 0 fully saturated rings. The Morgan fingerprint density at radius 3 is 2.90 bits per heavy atom. The molecular formula is C13H9BrN4OS. The smallest absolute Gasteiger partial charge is 0.257 e. The Labute approximate surface area is 127 Å². The van der Waals surface area contributed by atoms with E-state index in [-0.39, 0.29) is 5.91 Å². The predicted molar refractivity (Wildman–Crippen MR) is 82.0 cm³/mol. The lowest BCUT2D eigenvalue weighted by molar-refractivity contribution is 0.102. The molecule has 0 aliphatic rings. The molecule has 0 radical (unpaired) electrons. The molecule has 3 rings (SSSR count). The van der Waals surface area contributed by atoms with E-state index in [1.807, 2.05) is 19.1 Å². The fraction of sp³-hybridized carbons (Fsp3) is 0.0769. The molecule has 0 unspecified atom stereocenters. The van der Waals surface area contributed by atoms with Gasteiger partial charge in [-0.15, -0.1) is 11.3 Å². The molecule has 1 aromatic carbocycles. The highest BCUT2D eigenvalue weighted by Gasteiger charge is 2.12. The maximum Gasteiger partial charge on any atom is 0.257 e. The van der Waals surface area contributed by atoms with E-state index < -0.39 is 0 Å². The van der Waals surface area contributed by atoms with Crippen LogP contribution >= 0.6 is 27.3 Å². The van der Waals surface area contributed by atoms with Crippen molar-refractivity contribution in [3.63, 3.8) is 0 Å². The molecule has 3 aromatic rings. The van der Waals surface area contributed by atoms with Crippen LogP contribution in [0.2, 0.25) is 0 Å². The number of carbonyl (C=O) groups excluding carboxylic acids is 1. The maximum atomic E-state index is 12.1. The van der Waals surface area contributed by atoms with Gasteiger partial charge in [-0.3, -0.25) is 4.79 Å². The van der Waals surface area contributed by atoms with Crippen LogP contribution in [0.5, 0.6) is 0 Å². The van der Waals surface area contributed by atoms with Crippen LogP contribution in [0.15, 0.2) is 35.1 Å². The van der Waals surface area contributed by atoms with Gasteiger partial charge in [0.2, 0.25) is 0 Å². The number of hydrogen-bond acceptors (Lipinski definition) is 5. The second kappa shape index (κ2) is 5.26. The molecule has 0 aliphatic carbocycles. The van der Waals surface area contributed by atoms with Crippen molar-refractivity contribution in [3.05, 3.63) is 45.6 Å². The fourth-order valence-electron chi connectivity index (χ4n) is 1.79. The number of aryl methyl sites for hydroxylation is 1. The summed E-state index contributed by atoms with van der Waals surface area (Å²) in [6, 6.07) is 5.34. The third-order valence-electron chi connectivity index (χ3n) is 2.70. The number of nitrogens with one attached hydrogen (secondary N) is 1. The molecule has 0 bridgehead atoms. The third-order valence-corrected chi connectivity index (χ3v) is 4.79. The molecule has 5 nitrogen and oxygen atoms in total. The summed E-state index contributed by atoms with van der Waals surface area (Å²) in [5.41, 5.74) is 2.10. The normalized spacial score (nSPS) is 10.7. The zero-order valence-corrected chi connectivity index (χ0v) is 12.8. The molecule has 0 saturated heterocycles. The lowest BCUT2D eigenvalue weighted by Crippen LogP contribution is -2.12. The van der Waals surface area contributed by atoms with Crippen LogP contribution in [0.3, 0.4) is 0 Å². The summed E-state index contributed by atoms with van der Waals surface area (Å²) in [6.07, 6.45) is 2.91. The molecule has 0 spiro atoms. The molecule has 0 atom stereocenters. The highest BCUT2D eigenvalue weighted by atomic mass is 79.9. The van der Waals surface area contributed by atoms with Gasteiger partial charge in [-0.25, -0.2) is 4.98 Å². The van der Waals surface area contributed by atoms with Gasteiger partial charge in [0.05, 0.1) is 43.3 Å². The number of aromatic nitrogens is 3. The van der Waals surface area contributed by atoms with E-state index in [9.17, 15) is 4.79 Å². The molecule has 0 aliphatic heterocycles. The molecule has 7 heteroatoms. The number of thiazole rings is 1. The Kier molecular flexibility index (Phi) is 3.45. The van der Waals surface area contributed by atoms with E-state index in [0.29, 0.717) is 11.3 Å². The molecule has 1 N–H and O–H groups in total. The highest BCUT2D eigenvalue weighted by Crippen LogP contribution is 2.35. The minimum atomic E-state index is -0.221. The van der Waals surface area contributed by atoms with Crippen molar-refractivity contribution in [1.82, 2.24) is 15.2 Å². The van der Waals surface area contributed by atoms with Crippen molar-refractivity contribution in [2.24, 2.45) is 0 Å². The zero-order chi connectivity index (χ0) is 14.1. The van der Waals surface area contributed by atoms with Gasteiger partial charge in [0.15, 0.2) is 0 Å². The molecule has 2 aromatic heterocycles. The second-order valence-electron chi connectivity index (χ2n) is 4.09. The van der Waals surface area contributed by atoms with Crippen LogP contribution in [0, 0.1) is 6.92 Å². The van der Waals surface area contributed by atoms with Crippen molar-refractivity contribution in [2.45, 2.75) is 6.92 Å². The zero-order valence-electron chi connectivity index (χ0n) is 10.4. The summed E-state index contributed by atoms with van der Waals surface area (Å²) in [5.74, 6) is -0.221. The standard InChI is InChI=1S/C13H9BrN4OS/c1-7-17-10-3-2-9(11(14)12(10)20-7)18-13(19)8-4-5-15-16-6-8/h2-6H,1H3,(H,18,19). The van der Waals surface area contributed by atoms with Crippen molar-refractivity contribution in [2.75, 3.05) is 5.32 Å². The Morgan fingerprint density at radius 1 is 1.30 bits per heavy atom. The van der Waals surface area contributed by atoms with E-state index in [4.69, 9.17) is 0 Å². The van der Waals surface area contributed by atoms with Gasteiger partial charge in [-0.1, -0.05) is 0 Å². The van der Waals surface area contributed by atoms with Crippen LogP contribution < -0.4 is 5.32 Å². The largest absolute Gasteiger partial charge is 0.321 e. The first-order valence-electron chi connectivity index (χ1n) is 5.79. The molecule has 20 heavy (non-hydrogen) atoms. The second-order valence-corrected chi connectivity index (χ2v) is 6.09. The lowest BCUT2D eigenvalue weighted by Gasteiger charge is -2.07. The van der Waals surface area contributed by atoms with Crippen LogP contribution in [0.25, 0.3) is 10.2 Å². The Morgan fingerprint density at radius 2 is 2.15 bits per heavy atom. The summed E-state index contributed by atoms with van der Waals surface area (Å²) < 4.78 is 1.86. The molecular weight excluding hydrogens is 340 g/mol. The fourth-order valence-corrected chi connectivity index (χ4v) is 3.32. The molecule has 2 heterocycles. The van der Waals surface area contributed by atoms with E-state index in [1.165, 1.54) is 12.4 Å². The van der Waals surface area contributed by atoms with Gasteiger partial charge >= 0.3 is 0 Å². The number of hydrogen-bond donors (Lipinski definition) is 1. The number of fused-ring (bicyclic) bond motifs is 1. The van der Waals surface area contributed by atoms with Gasteiger partial charge in [0, 0.05) is 0 Å². The minimum Gasteiger partial charge on any atom is -0.321 e. The van der Waals surface area contributed by atoms with Gasteiger partial charge in [0.1, 0.15) is 0 Å². The number of benzene rings is 1. The number of carbonyl (C=O) groups is 1. The monoisotopic (exact) mass is 348 g/mol. The van der Waals surface area contributed by atoms with Gasteiger partial charge in [-0.2, -0.15) is 10.2 Å². The van der Waals surface area contributed by atoms with E-state index in [2.05, 4.69) is 36.4 Å². The molecule has 100 valence electrons. The summed E-state index contributed by atoms with van der Waals surface area (Å²) in [6.45, 7) is 1.96. The number of anilines is 1. The number of rotatable bonds is 2. The lowest BCUT2D eigenvalue weighted by atomic mass is 10.2. The summed E-state index contributed by atoms with van der Waals surface area (Å²) in [4.78, 5) is 16.5. The average Bonchev–Trinajstić information content (AvgIpc) is 2.84. The number of amides is 1. The van der Waals surface area contributed by atoms with Gasteiger partial charge < -0.3 is 5.32 Å². The number of halogens is 1. The Balaban J connectivity index is 1.95. The van der Waals surface area contributed by atoms with E-state index in [1.54, 1.807) is 17.4 Å². The summed E-state index contributed by atoms with van der Waals surface area (Å²) >= 11 is 5.11. The quantitative estimate of drug-likeness (QED) is 0.770. The van der Waals surface area contributed by atoms with Crippen LogP contribution in [0.4, 0.5) is 5.69 Å². The Hall–Kier alpha value is -1.86. The Bertz CT molecular complexity index is 788. The molecule has 1 amide bonds. The minimum absolute atomic E-state index is 0.221. The van der Waals surface area contributed by atoms with Crippen LogP contribution in [0.1, 0.15) is 15.4 Å². The van der Waals surface area contributed by atoms with Crippen molar-refractivity contribution < 1.29 is 4.79 Å². The first-order chi connectivity index (χ1) is 9.65. The first-order valence-corrected chi connectivity index (χ1v) is 7.40. The molecule has 0 saturated carbocycles. The SMILES string of the molecule is Cc1nc2ccc(NC(=O)c3ccnnc3)c(Br)c2s1. The van der Waals surface area contributed by atoms with Crippen molar-refractivity contribution >= 4 is 49.1 Å². The van der Waals surface area contributed by atoms with E-state index in [0.717, 1.165) is 19.7 Å². The third kappa shape index (κ3) is 2.41. The van der Waals surface area contributed by atoms with E-state index >= 15 is 0 Å². The van der Waals surface area contributed by atoms with Gasteiger partial charge in [-0.05, 0) is 41.1 Å². The summed E-state index contributed by atoms with van der Waals surface area (Å²) in [5, 5.41) is 11.2. The highest BCUT2D eigenvalue weighted by molar-refractivity contribution is 9.10. The summed E-state index contributed by atoms with van der Waals surface area (Å²) in [7, 11) is 0. The van der Waals surface area contributed by atoms with Crippen LogP contribution in [-0.2, 0) is 0 Å². The predicted octanol–water partition coefficient (Wildman–Crippen LogP) is 3.41. The van der Waals surface area contributed by atoms with Crippen molar-refractivity contribution in [3.8, 4) is 0 Å². The van der Waals surface area contributed by atoms with Gasteiger partial charge in [0.25, 0.3) is 5.91 Å². The first kappa shape index (κ1) is 13.1. The van der Waals surface area contributed by atoms with Crippen molar-refractivity contribution in [1.29, 1.82) is 0 Å².